The lowest BCUT2D eigenvalue weighted by atomic mass is 10.2. The number of aromatic hydroxyl groups is 2. The van der Waals surface area contributed by atoms with Crippen molar-refractivity contribution in [3.8, 4) is 11.6 Å². The Morgan fingerprint density at radius 2 is 1.82 bits per heavy atom. The van der Waals surface area contributed by atoms with E-state index in [-0.39, 0.29) is 11.6 Å². The van der Waals surface area contributed by atoms with Gasteiger partial charge in [0.1, 0.15) is 11.6 Å². The lowest BCUT2D eigenvalue weighted by Crippen LogP contribution is -2.14. The van der Waals surface area contributed by atoms with E-state index in [2.05, 4.69) is 9.97 Å². The number of phenolic OH excluding ortho intramolecular Hbond substituents is 1. The van der Waals surface area contributed by atoms with Gasteiger partial charge in [-0.15, -0.1) is 0 Å². The number of nitrogens with zero attached hydrogens (tertiary/aromatic N) is 2. The minimum atomic E-state index is -1.04. The van der Waals surface area contributed by atoms with Gasteiger partial charge in [-0.2, -0.15) is 4.98 Å². The minimum absolute atomic E-state index is 0.0220. The smallest absolute Gasteiger partial charge is 0.395 e. The number of hydrogen-bond acceptors (Lipinski definition) is 6. The molecule has 1 aromatic carbocycles. The van der Waals surface area contributed by atoms with E-state index < -0.39 is 22.0 Å². The number of rotatable bonds is 3. The highest BCUT2D eigenvalue weighted by Gasteiger charge is 2.21. The van der Waals surface area contributed by atoms with Gasteiger partial charge in [-0.3, -0.25) is 14.9 Å². The Kier molecular flexibility index (Phi) is 5.00. The average Bonchev–Trinajstić information content (AvgIpc) is 2.41. The van der Waals surface area contributed by atoms with Gasteiger partial charge in [-0.25, -0.2) is 0 Å². The molecule has 0 fully saturated rings. The molecule has 0 atom stereocenters. The van der Waals surface area contributed by atoms with Crippen LogP contribution < -0.4 is 5.56 Å². The highest BCUT2D eigenvalue weighted by molar-refractivity contribution is 14.1. The van der Waals surface area contributed by atoms with Crippen molar-refractivity contribution in [1.82, 2.24) is 9.97 Å². The van der Waals surface area contributed by atoms with Crippen LogP contribution in [0.5, 0.6) is 11.6 Å². The number of benzene rings is 1. The van der Waals surface area contributed by atoms with Gasteiger partial charge in [0, 0.05) is 0 Å². The highest BCUT2D eigenvalue weighted by Crippen LogP contribution is 2.28. The maximum absolute atomic E-state index is 11.5. The van der Waals surface area contributed by atoms with Gasteiger partial charge in [0.05, 0.1) is 12.1 Å². The number of nitro groups is 1. The van der Waals surface area contributed by atoms with Crippen LogP contribution in [0.4, 0.5) is 5.69 Å². The molecular formula is C12H7I2N3O5. The number of aromatic amines is 1. The van der Waals surface area contributed by atoms with Crippen molar-refractivity contribution in [3.05, 3.63) is 51.1 Å². The summed E-state index contributed by atoms with van der Waals surface area (Å²) in [5.41, 5.74) is -1.30. The summed E-state index contributed by atoms with van der Waals surface area (Å²) in [6.45, 7) is 0. The minimum Gasteiger partial charge on any atom is -0.506 e. The van der Waals surface area contributed by atoms with Crippen LogP contribution in [0.2, 0.25) is 0 Å². The number of aromatic nitrogens is 2. The summed E-state index contributed by atoms with van der Waals surface area (Å²) in [7, 11) is 0. The Labute approximate surface area is 150 Å². The van der Waals surface area contributed by atoms with Gasteiger partial charge in [-0.1, -0.05) is 6.08 Å². The Hall–Kier alpha value is -1.70. The van der Waals surface area contributed by atoms with Gasteiger partial charge < -0.3 is 15.2 Å². The van der Waals surface area contributed by atoms with E-state index in [4.69, 9.17) is 0 Å². The van der Waals surface area contributed by atoms with Crippen LogP contribution in [-0.2, 0) is 0 Å². The number of H-pyrrole nitrogens is 1. The average molecular weight is 527 g/mol. The van der Waals surface area contributed by atoms with Crippen LogP contribution in [0.25, 0.3) is 12.2 Å². The second kappa shape index (κ2) is 6.60. The van der Waals surface area contributed by atoms with Crippen molar-refractivity contribution >= 4 is 63.0 Å². The second-order valence-electron chi connectivity index (χ2n) is 4.05. The van der Waals surface area contributed by atoms with E-state index in [9.17, 15) is 25.1 Å². The van der Waals surface area contributed by atoms with Crippen molar-refractivity contribution in [2.45, 2.75) is 0 Å². The van der Waals surface area contributed by atoms with Crippen LogP contribution in [-0.4, -0.2) is 25.1 Å². The van der Waals surface area contributed by atoms with E-state index in [0.29, 0.717) is 7.14 Å². The molecule has 0 aliphatic heterocycles. The first-order valence-corrected chi connectivity index (χ1v) is 7.79. The van der Waals surface area contributed by atoms with Crippen molar-refractivity contribution < 1.29 is 15.1 Å². The van der Waals surface area contributed by atoms with E-state index >= 15 is 0 Å². The molecule has 2 aromatic rings. The molecule has 0 radical (unpaired) electrons. The van der Waals surface area contributed by atoms with Gasteiger partial charge in [0.2, 0.25) is 0 Å². The summed E-state index contributed by atoms with van der Waals surface area (Å²) in [5, 5.41) is 29.7. The molecule has 3 N–H and O–H groups in total. The zero-order chi connectivity index (χ0) is 16.4. The molecule has 10 heteroatoms. The molecule has 0 saturated heterocycles. The Morgan fingerprint density at radius 1 is 1.23 bits per heavy atom. The Bertz CT molecular complexity index is 824. The van der Waals surface area contributed by atoms with Crippen molar-refractivity contribution in [2.75, 3.05) is 0 Å². The van der Waals surface area contributed by atoms with Gasteiger partial charge in [0.15, 0.2) is 0 Å². The number of phenols is 1. The van der Waals surface area contributed by atoms with Crippen molar-refractivity contribution in [2.24, 2.45) is 0 Å². The standard InChI is InChI=1S/C12H7I2N3O5/c13-6-3-5(4-7(14)10(6)18)1-2-8-15-11(19)9(17(21)22)12(20)16-8/h1-4,18H,(H2,15,16,19,20)/b2-1-. The summed E-state index contributed by atoms with van der Waals surface area (Å²) >= 11 is 3.95. The molecule has 22 heavy (non-hydrogen) atoms. The summed E-state index contributed by atoms with van der Waals surface area (Å²) in [6.07, 6.45) is 2.98. The van der Waals surface area contributed by atoms with Crippen LogP contribution in [0.1, 0.15) is 11.4 Å². The molecular weight excluding hydrogens is 520 g/mol. The molecule has 1 heterocycles. The van der Waals surface area contributed by atoms with Crippen molar-refractivity contribution in [1.29, 1.82) is 0 Å². The molecule has 0 amide bonds. The maximum Gasteiger partial charge on any atom is 0.395 e. The van der Waals surface area contributed by atoms with E-state index in [0.717, 1.165) is 5.56 Å². The van der Waals surface area contributed by atoms with Crippen LogP contribution in [0.3, 0.4) is 0 Å². The molecule has 1 aromatic heterocycles. The number of halogens is 2. The summed E-state index contributed by atoms with van der Waals surface area (Å²) < 4.78 is 1.30. The SMILES string of the molecule is O=c1[nH]c(/C=C\c2cc(I)c(O)c(I)c2)nc(O)c1[N+](=O)[O-]. The fourth-order valence-corrected chi connectivity index (χ4v) is 3.39. The fraction of sp³-hybridized carbons (Fsp3) is 0. The third kappa shape index (κ3) is 3.55. The molecule has 0 aliphatic carbocycles. The van der Waals surface area contributed by atoms with Crippen LogP contribution in [0, 0.1) is 17.3 Å². The lowest BCUT2D eigenvalue weighted by Gasteiger charge is -2.02. The normalized spacial score (nSPS) is 11.0. The molecule has 0 spiro atoms. The third-order valence-corrected chi connectivity index (χ3v) is 4.19. The molecule has 0 aliphatic rings. The van der Waals surface area contributed by atoms with Gasteiger partial charge in [0.25, 0.3) is 5.88 Å². The number of nitrogens with one attached hydrogen (secondary N) is 1. The Balaban J connectivity index is 2.39. The van der Waals surface area contributed by atoms with E-state index in [1.807, 2.05) is 45.2 Å². The summed E-state index contributed by atoms with van der Waals surface area (Å²) in [4.78, 5) is 26.8. The second-order valence-corrected chi connectivity index (χ2v) is 6.37. The summed E-state index contributed by atoms with van der Waals surface area (Å²) in [6, 6.07) is 3.41. The predicted octanol–water partition coefficient (Wildman–Crippen LogP) is 2.47. The molecule has 2 rings (SSSR count). The third-order valence-electron chi connectivity index (χ3n) is 2.55. The molecule has 0 unspecified atom stereocenters. The Morgan fingerprint density at radius 3 is 2.32 bits per heavy atom. The largest absolute Gasteiger partial charge is 0.506 e. The quantitative estimate of drug-likeness (QED) is 0.320. The first-order valence-electron chi connectivity index (χ1n) is 5.63. The first-order chi connectivity index (χ1) is 10.3. The van der Waals surface area contributed by atoms with Gasteiger partial charge in [-0.05, 0) is 69.0 Å². The fourth-order valence-electron chi connectivity index (χ4n) is 1.57. The van der Waals surface area contributed by atoms with E-state index in [1.54, 1.807) is 18.2 Å². The van der Waals surface area contributed by atoms with Crippen molar-refractivity contribution in [3.63, 3.8) is 0 Å². The topological polar surface area (TPSA) is 129 Å². The maximum atomic E-state index is 11.5. The zero-order valence-corrected chi connectivity index (χ0v) is 14.9. The first kappa shape index (κ1) is 16.7. The molecule has 0 bridgehead atoms. The number of hydrogen-bond donors (Lipinski definition) is 3. The monoisotopic (exact) mass is 527 g/mol. The van der Waals surface area contributed by atoms with Crippen LogP contribution >= 0.6 is 45.2 Å². The summed E-state index contributed by atoms with van der Waals surface area (Å²) in [5.74, 6) is -0.785. The predicted molar refractivity (Wildman–Crippen MR) is 95.6 cm³/mol. The van der Waals surface area contributed by atoms with E-state index in [1.165, 1.54) is 6.08 Å². The molecule has 114 valence electrons. The van der Waals surface area contributed by atoms with Crippen LogP contribution in [0.15, 0.2) is 16.9 Å². The molecule has 0 saturated carbocycles. The zero-order valence-electron chi connectivity index (χ0n) is 10.6. The molecule has 8 nitrogen and oxygen atoms in total. The lowest BCUT2D eigenvalue weighted by molar-refractivity contribution is -0.387. The van der Waals surface area contributed by atoms with Gasteiger partial charge >= 0.3 is 11.2 Å². The highest BCUT2D eigenvalue weighted by atomic mass is 127.